The van der Waals surface area contributed by atoms with Crippen molar-refractivity contribution < 1.29 is 68.5 Å². The Morgan fingerprint density at radius 1 is 1.23 bits per heavy atom. The second kappa shape index (κ2) is 10.0. The zero-order valence-electron chi connectivity index (χ0n) is 16.8. The van der Waals surface area contributed by atoms with E-state index in [4.69, 9.17) is 23.6 Å². The molecule has 2 saturated heterocycles. The molecule has 31 heavy (non-hydrogen) atoms. The normalized spacial score (nSPS) is 42.7. The first kappa shape index (κ1) is 26.5. The van der Waals surface area contributed by atoms with Crippen LogP contribution in [-0.4, -0.2) is 114 Å². The van der Waals surface area contributed by atoms with E-state index in [1.165, 1.54) is 13.8 Å². The van der Waals surface area contributed by atoms with Crippen molar-refractivity contribution in [2.75, 3.05) is 13.2 Å². The van der Waals surface area contributed by atoms with E-state index >= 15 is 0 Å². The number of carboxylic acids is 1. The van der Waals surface area contributed by atoms with Crippen LogP contribution in [0.25, 0.3) is 0 Å². The van der Waals surface area contributed by atoms with Gasteiger partial charge in [-0.25, -0.2) is 13.9 Å². The SMILES string of the molecule is CC1OC(COP(=O)(O)OC2(C(=O)O)CC(O)C(C)C(C(O)C(O)CO)O2)C(O)C1O. The minimum Gasteiger partial charge on any atom is -0.477 e. The van der Waals surface area contributed by atoms with E-state index in [9.17, 15) is 44.9 Å². The zero-order valence-corrected chi connectivity index (χ0v) is 17.7. The second-order valence-corrected chi connectivity index (χ2v) is 9.11. The van der Waals surface area contributed by atoms with Gasteiger partial charge in [0.05, 0.1) is 31.5 Å². The molecule has 0 aromatic rings. The van der Waals surface area contributed by atoms with Crippen molar-refractivity contribution >= 4 is 13.8 Å². The van der Waals surface area contributed by atoms with Crippen LogP contribution in [-0.2, 0) is 27.9 Å². The van der Waals surface area contributed by atoms with Crippen molar-refractivity contribution in [2.45, 2.75) is 74.9 Å². The van der Waals surface area contributed by atoms with Gasteiger partial charge in [0.1, 0.15) is 30.5 Å². The van der Waals surface area contributed by atoms with E-state index in [0.717, 1.165) is 0 Å². The number of aliphatic carboxylic acids is 1. The summed E-state index contributed by atoms with van der Waals surface area (Å²) in [6.45, 7) is 1.17. The average Bonchev–Trinajstić information content (AvgIpc) is 2.94. The molecule has 0 bridgehead atoms. The van der Waals surface area contributed by atoms with E-state index in [-0.39, 0.29) is 0 Å². The second-order valence-electron chi connectivity index (χ2n) is 7.73. The Kier molecular flexibility index (Phi) is 8.58. The fraction of sp³-hybridized carbons (Fsp3) is 0.938. The lowest BCUT2D eigenvalue weighted by atomic mass is 9.85. The van der Waals surface area contributed by atoms with Gasteiger partial charge in [-0.1, -0.05) is 6.92 Å². The Morgan fingerprint density at radius 3 is 2.32 bits per heavy atom. The van der Waals surface area contributed by atoms with Crippen LogP contribution in [0, 0.1) is 5.92 Å². The molecule has 0 radical (unpaired) electrons. The highest BCUT2D eigenvalue weighted by Crippen LogP contribution is 2.51. The highest BCUT2D eigenvalue weighted by molar-refractivity contribution is 7.47. The molecule has 11 atom stereocenters. The molecule has 182 valence electrons. The van der Waals surface area contributed by atoms with Gasteiger partial charge in [0, 0.05) is 12.3 Å². The van der Waals surface area contributed by atoms with Crippen molar-refractivity contribution in [3.05, 3.63) is 0 Å². The van der Waals surface area contributed by atoms with Gasteiger partial charge in [-0.15, -0.1) is 0 Å². The quantitative estimate of drug-likeness (QED) is 0.154. The lowest BCUT2D eigenvalue weighted by molar-refractivity contribution is -0.296. The van der Waals surface area contributed by atoms with Crippen LogP contribution in [0.4, 0.5) is 0 Å². The van der Waals surface area contributed by atoms with Crippen LogP contribution in [0.2, 0.25) is 0 Å². The molecule has 0 spiro atoms. The smallest absolute Gasteiger partial charge is 0.475 e. The summed E-state index contributed by atoms with van der Waals surface area (Å²) in [5.41, 5.74) is 0. The molecule has 15 heteroatoms. The van der Waals surface area contributed by atoms with E-state index in [1.54, 1.807) is 0 Å². The van der Waals surface area contributed by atoms with Crippen molar-refractivity contribution in [3.8, 4) is 0 Å². The van der Waals surface area contributed by atoms with Crippen molar-refractivity contribution in [1.82, 2.24) is 0 Å². The van der Waals surface area contributed by atoms with Crippen molar-refractivity contribution in [1.29, 1.82) is 0 Å². The van der Waals surface area contributed by atoms with Gasteiger partial charge in [-0.2, -0.15) is 0 Å². The number of ether oxygens (including phenoxy) is 2. The molecule has 0 saturated carbocycles. The lowest BCUT2D eigenvalue weighted by Gasteiger charge is -2.45. The maximum Gasteiger partial charge on any atom is 0.475 e. The summed E-state index contributed by atoms with van der Waals surface area (Å²) in [5, 5.41) is 68.2. The number of carbonyl (C=O) groups is 1. The summed E-state index contributed by atoms with van der Waals surface area (Å²) in [6, 6.07) is 0. The lowest BCUT2D eigenvalue weighted by Crippen LogP contribution is -2.61. The predicted octanol–water partition coefficient (Wildman–Crippen LogP) is -3.09. The number of aliphatic hydroxyl groups is 6. The minimum absolute atomic E-state index is 0.750. The number of hydrogen-bond donors (Lipinski definition) is 8. The molecule has 2 fully saturated rings. The summed E-state index contributed by atoms with van der Waals surface area (Å²) in [7, 11) is -5.22. The molecule has 14 nitrogen and oxygen atoms in total. The van der Waals surface area contributed by atoms with Gasteiger partial charge in [-0.3, -0.25) is 4.52 Å². The standard InChI is InChI=1S/C16H29O14P/c1-6-8(18)3-16(15(23)24,29-14(6)12(21)9(19)4-17)30-31(25,26)27-5-10-13(22)11(20)7(2)28-10/h6-14,17-22H,3-5H2,1-2H3,(H,23,24)(H,25,26). The maximum atomic E-state index is 12.4. The molecule has 2 aliphatic rings. The molecule has 2 aliphatic heterocycles. The summed E-state index contributed by atoms with van der Waals surface area (Å²) >= 11 is 0. The first-order valence-electron chi connectivity index (χ1n) is 9.50. The van der Waals surface area contributed by atoms with E-state index in [2.05, 4.69) is 0 Å². The summed E-state index contributed by atoms with van der Waals surface area (Å²) in [4.78, 5) is 21.9. The van der Waals surface area contributed by atoms with Crippen LogP contribution < -0.4 is 0 Å². The fourth-order valence-electron chi connectivity index (χ4n) is 3.45. The highest BCUT2D eigenvalue weighted by atomic mass is 31.2. The third-order valence-corrected chi connectivity index (χ3v) is 6.44. The Balaban J connectivity index is 2.17. The summed E-state index contributed by atoms with van der Waals surface area (Å²) in [6.07, 6.45) is -12.2. The average molecular weight is 476 g/mol. The molecule has 8 N–H and O–H groups in total. The Bertz CT molecular complexity index is 677. The number of hydrogen-bond acceptors (Lipinski definition) is 12. The molecular formula is C16H29O14P. The largest absolute Gasteiger partial charge is 0.477 e. The Labute approximate surface area is 177 Å². The van der Waals surface area contributed by atoms with Gasteiger partial charge < -0.3 is 50.1 Å². The topological polar surface area (TPSA) is 233 Å². The number of phosphoric ester groups is 1. The predicted molar refractivity (Wildman–Crippen MR) is 97.3 cm³/mol. The number of aliphatic hydroxyl groups excluding tert-OH is 6. The minimum atomic E-state index is -5.22. The highest BCUT2D eigenvalue weighted by Gasteiger charge is 2.57. The molecule has 0 aromatic heterocycles. The van der Waals surface area contributed by atoms with Gasteiger partial charge >= 0.3 is 13.8 Å². The first-order chi connectivity index (χ1) is 14.2. The van der Waals surface area contributed by atoms with Crippen LogP contribution in [0.5, 0.6) is 0 Å². The van der Waals surface area contributed by atoms with Gasteiger partial charge in [0.15, 0.2) is 0 Å². The molecule has 0 aromatic carbocycles. The molecule has 0 amide bonds. The Hall–Kier alpha value is -0.740. The third-order valence-electron chi connectivity index (χ3n) is 5.44. The number of phosphoric acid groups is 1. The van der Waals surface area contributed by atoms with E-state index in [0.29, 0.717) is 0 Å². The van der Waals surface area contributed by atoms with Gasteiger partial charge in [-0.05, 0) is 6.92 Å². The maximum absolute atomic E-state index is 12.4. The molecule has 0 aliphatic carbocycles. The zero-order chi connectivity index (χ0) is 23.7. The monoisotopic (exact) mass is 476 g/mol. The third kappa shape index (κ3) is 5.79. The van der Waals surface area contributed by atoms with Crippen LogP contribution in [0.3, 0.4) is 0 Å². The molecule has 2 heterocycles. The van der Waals surface area contributed by atoms with E-state index < -0.39 is 94.0 Å². The van der Waals surface area contributed by atoms with Gasteiger partial charge in [0.2, 0.25) is 0 Å². The van der Waals surface area contributed by atoms with Crippen LogP contribution in [0.15, 0.2) is 0 Å². The van der Waals surface area contributed by atoms with Crippen LogP contribution in [0.1, 0.15) is 20.3 Å². The van der Waals surface area contributed by atoms with E-state index in [1.807, 2.05) is 0 Å². The Morgan fingerprint density at radius 2 is 1.84 bits per heavy atom. The van der Waals surface area contributed by atoms with Crippen LogP contribution >= 0.6 is 7.82 Å². The molecular weight excluding hydrogens is 447 g/mol. The number of carboxylic acid groups (broad SMARTS) is 1. The number of rotatable bonds is 9. The summed E-state index contributed by atoms with van der Waals surface area (Å²) in [5.74, 6) is -5.82. The molecule has 11 unspecified atom stereocenters. The van der Waals surface area contributed by atoms with Crippen molar-refractivity contribution in [3.63, 3.8) is 0 Å². The van der Waals surface area contributed by atoms with Gasteiger partial charge in [0.25, 0.3) is 5.79 Å². The molecule has 2 rings (SSSR count). The first-order valence-corrected chi connectivity index (χ1v) is 11.0. The van der Waals surface area contributed by atoms with Crippen molar-refractivity contribution in [2.24, 2.45) is 5.92 Å². The summed E-state index contributed by atoms with van der Waals surface area (Å²) < 4.78 is 32.3. The fourth-order valence-corrected chi connectivity index (χ4v) is 4.41.